The molecule has 0 saturated heterocycles. The molecule has 0 aliphatic rings. The van der Waals surface area contributed by atoms with Gasteiger partial charge in [-0.05, 0) is 26.3 Å². The number of nitrogens with zero attached hydrogens (tertiary/aromatic N) is 4. The molecule has 0 N–H and O–H groups in total. The monoisotopic (exact) mass is 276 g/mol. The maximum Gasteiger partial charge on any atom is 0.325 e. The van der Waals surface area contributed by atoms with Crippen LogP contribution in [0.25, 0.3) is 5.52 Å². The van der Waals surface area contributed by atoms with Crippen molar-refractivity contribution in [3.8, 4) is 0 Å². The Morgan fingerprint density at radius 2 is 2.25 bits per heavy atom. The Morgan fingerprint density at radius 3 is 2.95 bits per heavy atom. The number of hydrogen-bond acceptors (Lipinski definition) is 5. The molecule has 0 aliphatic heterocycles. The van der Waals surface area contributed by atoms with Crippen molar-refractivity contribution >= 4 is 17.3 Å². The van der Waals surface area contributed by atoms with E-state index in [1.54, 1.807) is 23.8 Å². The molecule has 2 aromatic heterocycles. The number of fused-ring (bicyclic) bond motifs is 1. The van der Waals surface area contributed by atoms with Gasteiger partial charge in [0.05, 0.1) is 12.3 Å². The first-order valence-corrected chi connectivity index (χ1v) is 6.87. The van der Waals surface area contributed by atoms with Gasteiger partial charge in [-0.1, -0.05) is 6.92 Å². The number of carbonyl (C=O) groups excluding carboxylic acids is 1. The highest BCUT2D eigenvalue weighted by Gasteiger charge is 2.16. The second kappa shape index (κ2) is 6.36. The molecular formula is C14H20N4O2. The summed E-state index contributed by atoms with van der Waals surface area (Å²) in [6.07, 6.45) is 4.43. The van der Waals surface area contributed by atoms with Crippen molar-refractivity contribution in [3.05, 3.63) is 24.2 Å². The Kier molecular flexibility index (Phi) is 4.55. The zero-order valence-electron chi connectivity index (χ0n) is 12.2. The minimum absolute atomic E-state index is 0.207. The summed E-state index contributed by atoms with van der Waals surface area (Å²) < 4.78 is 6.81. The minimum atomic E-state index is -0.235. The fourth-order valence-electron chi connectivity index (χ4n) is 2.17. The third-order valence-corrected chi connectivity index (χ3v) is 2.91. The predicted molar refractivity (Wildman–Crippen MR) is 76.9 cm³/mol. The van der Waals surface area contributed by atoms with Gasteiger partial charge in [-0.3, -0.25) is 4.79 Å². The van der Waals surface area contributed by atoms with E-state index in [2.05, 4.69) is 17.0 Å². The fourth-order valence-corrected chi connectivity index (χ4v) is 2.17. The summed E-state index contributed by atoms with van der Waals surface area (Å²) in [5, 5.41) is 4.37. The van der Waals surface area contributed by atoms with Gasteiger partial charge >= 0.3 is 5.97 Å². The van der Waals surface area contributed by atoms with E-state index in [0.29, 0.717) is 6.61 Å². The van der Waals surface area contributed by atoms with E-state index in [9.17, 15) is 4.79 Å². The highest BCUT2D eigenvalue weighted by molar-refractivity contribution is 5.79. The highest BCUT2D eigenvalue weighted by Crippen LogP contribution is 2.19. The molecular weight excluding hydrogens is 256 g/mol. The van der Waals surface area contributed by atoms with Crippen LogP contribution in [-0.2, 0) is 9.53 Å². The number of aryl methyl sites for hydroxylation is 1. The van der Waals surface area contributed by atoms with Gasteiger partial charge in [0.1, 0.15) is 12.1 Å². The summed E-state index contributed by atoms with van der Waals surface area (Å²) in [6, 6.07) is 1.97. The van der Waals surface area contributed by atoms with E-state index in [4.69, 9.17) is 4.74 Å². The molecule has 0 aliphatic carbocycles. The second-order valence-corrected chi connectivity index (χ2v) is 4.59. The van der Waals surface area contributed by atoms with Gasteiger partial charge in [-0.25, -0.2) is 9.50 Å². The van der Waals surface area contributed by atoms with E-state index in [-0.39, 0.29) is 12.5 Å². The maximum absolute atomic E-state index is 11.7. The Bertz CT molecular complexity index is 594. The van der Waals surface area contributed by atoms with Crippen LogP contribution in [0.2, 0.25) is 0 Å². The Labute approximate surface area is 118 Å². The molecule has 6 nitrogen and oxygen atoms in total. The van der Waals surface area contributed by atoms with Gasteiger partial charge in [-0.2, -0.15) is 5.10 Å². The van der Waals surface area contributed by atoms with Gasteiger partial charge in [0.25, 0.3) is 0 Å². The number of esters is 1. The summed E-state index contributed by atoms with van der Waals surface area (Å²) in [6.45, 7) is 7.16. The van der Waals surface area contributed by atoms with Crippen molar-refractivity contribution in [2.45, 2.75) is 27.2 Å². The smallest absolute Gasteiger partial charge is 0.325 e. The lowest BCUT2D eigenvalue weighted by Crippen LogP contribution is -2.32. The highest BCUT2D eigenvalue weighted by atomic mass is 16.5. The standard InChI is InChI=1S/C14H20N4O2/c1-4-7-17(10-13(19)20-5-2)14-12-9-11(3)16-18(12)8-6-15-14/h6,8-9H,4-5,7,10H2,1-3H3. The van der Waals surface area contributed by atoms with Crippen molar-refractivity contribution in [2.75, 3.05) is 24.6 Å². The van der Waals surface area contributed by atoms with Gasteiger partial charge in [-0.15, -0.1) is 0 Å². The van der Waals surface area contributed by atoms with Crippen LogP contribution in [0, 0.1) is 6.92 Å². The third-order valence-electron chi connectivity index (χ3n) is 2.91. The van der Waals surface area contributed by atoms with Crippen molar-refractivity contribution in [2.24, 2.45) is 0 Å². The third kappa shape index (κ3) is 3.07. The molecule has 0 saturated carbocycles. The first-order chi connectivity index (χ1) is 9.65. The van der Waals surface area contributed by atoms with Gasteiger partial charge < -0.3 is 9.64 Å². The SMILES string of the molecule is CCCN(CC(=O)OCC)c1nccn2nc(C)cc12. The molecule has 0 bridgehead atoms. The first kappa shape index (κ1) is 14.3. The molecule has 0 fully saturated rings. The summed E-state index contributed by atoms with van der Waals surface area (Å²) in [5.74, 6) is 0.531. The topological polar surface area (TPSA) is 59.7 Å². The molecule has 0 radical (unpaired) electrons. The molecule has 2 rings (SSSR count). The zero-order valence-corrected chi connectivity index (χ0v) is 12.2. The van der Waals surface area contributed by atoms with Gasteiger partial charge in [0, 0.05) is 18.9 Å². The van der Waals surface area contributed by atoms with Crippen molar-refractivity contribution in [1.82, 2.24) is 14.6 Å². The summed E-state index contributed by atoms with van der Waals surface area (Å²) in [5.41, 5.74) is 1.83. The van der Waals surface area contributed by atoms with E-state index in [1.807, 2.05) is 17.9 Å². The number of aromatic nitrogens is 3. The summed E-state index contributed by atoms with van der Waals surface area (Å²) in [7, 11) is 0. The molecule has 2 aromatic rings. The Morgan fingerprint density at radius 1 is 1.45 bits per heavy atom. The van der Waals surface area contributed by atoms with E-state index >= 15 is 0 Å². The summed E-state index contributed by atoms with van der Waals surface area (Å²) >= 11 is 0. The lowest BCUT2D eigenvalue weighted by Gasteiger charge is -2.22. The number of anilines is 1. The number of hydrogen-bond donors (Lipinski definition) is 0. The zero-order chi connectivity index (χ0) is 14.5. The van der Waals surface area contributed by atoms with Crippen LogP contribution in [0.1, 0.15) is 26.0 Å². The Hall–Kier alpha value is -2.11. The largest absolute Gasteiger partial charge is 0.465 e. The maximum atomic E-state index is 11.7. The van der Waals surface area contributed by atoms with Crippen LogP contribution < -0.4 is 4.90 Å². The lowest BCUT2D eigenvalue weighted by atomic mass is 10.3. The predicted octanol–water partition coefficient (Wildman–Crippen LogP) is 1.82. The van der Waals surface area contributed by atoms with Gasteiger partial charge in [0.2, 0.25) is 0 Å². The molecule has 6 heteroatoms. The van der Waals surface area contributed by atoms with Crippen LogP contribution in [0.15, 0.2) is 18.5 Å². The van der Waals surface area contributed by atoms with E-state index in [1.165, 1.54) is 0 Å². The van der Waals surface area contributed by atoms with Crippen LogP contribution in [-0.4, -0.2) is 40.3 Å². The molecule has 20 heavy (non-hydrogen) atoms. The number of rotatable bonds is 6. The average Bonchev–Trinajstić information content (AvgIpc) is 2.78. The molecule has 2 heterocycles. The van der Waals surface area contributed by atoms with E-state index in [0.717, 1.165) is 30.0 Å². The minimum Gasteiger partial charge on any atom is -0.465 e. The van der Waals surface area contributed by atoms with Crippen molar-refractivity contribution in [1.29, 1.82) is 0 Å². The number of carbonyl (C=O) groups is 1. The van der Waals surface area contributed by atoms with Crippen LogP contribution >= 0.6 is 0 Å². The molecule has 0 aromatic carbocycles. The molecule has 0 unspecified atom stereocenters. The quantitative estimate of drug-likeness (QED) is 0.753. The average molecular weight is 276 g/mol. The fraction of sp³-hybridized carbons (Fsp3) is 0.500. The van der Waals surface area contributed by atoms with Crippen LogP contribution in [0.4, 0.5) is 5.82 Å². The van der Waals surface area contributed by atoms with E-state index < -0.39 is 0 Å². The Balaban J connectivity index is 2.33. The van der Waals surface area contributed by atoms with Crippen molar-refractivity contribution in [3.63, 3.8) is 0 Å². The number of ether oxygens (including phenoxy) is 1. The molecule has 0 spiro atoms. The second-order valence-electron chi connectivity index (χ2n) is 4.59. The van der Waals surface area contributed by atoms with Crippen LogP contribution in [0.3, 0.4) is 0 Å². The first-order valence-electron chi connectivity index (χ1n) is 6.87. The van der Waals surface area contributed by atoms with Gasteiger partial charge in [0.15, 0.2) is 5.82 Å². The molecule has 0 atom stereocenters. The van der Waals surface area contributed by atoms with Crippen molar-refractivity contribution < 1.29 is 9.53 Å². The lowest BCUT2D eigenvalue weighted by molar-refractivity contribution is -0.141. The normalized spacial score (nSPS) is 10.8. The molecule has 0 amide bonds. The molecule has 108 valence electrons. The summed E-state index contributed by atoms with van der Waals surface area (Å²) in [4.78, 5) is 18.1. The van der Waals surface area contributed by atoms with Crippen LogP contribution in [0.5, 0.6) is 0 Å².